The minimum Gasteiger partial charge on any atom is -0.285 e. The van der Waals surface area contributed by atoms with Gasteiger partial charge in [-0.15, -0.1) is 0 Å². The summed E-state index contributed by atoms with van der Waals surface area (Å²) in [4.78, 5) is 29.2. The molecule has 2 aromatic rings. The summed E-state index contributed by atoms with van der Waals surface area (Å²) in [5.41, 5.74) is 1.05. The Morgan fingerprint density at radius 2 is 1.88 bits per heavy atom. The molecule has 0 atom stereocenters. The number of carbonyl (C=O) groups is 1. The maximum atomic E-state index is 12.7. The summed E-state index contributed by atoms with van der Waals surface area (Å²) < 4.78 is 0. The van der Waals surface area contributed by atoms with E-state index in [9.17, 15) is 14.9 Å². The molecular weight excluding hydrogens is 326 g/mol. The van der Waals surface area contributed by atoms with Crippen molar-refractivity contribution in [2.75, 3.05) is 13.1 Å². The van der Waals surface area contributed by atoms with Gasteiger partial charge in [0.2, 0.25) is 0 Å². The van der Waals surface area contributed by atoms with Crippen LogP contribution in [0.5, 0.6) is 0 Å². The van der Waals surface area contributed by atoms with E-state index in [2.05, 4.69) is 4.99 Å². The number of aliphatic imine (C=N–C) groups is 1. The van der Waals surface area contributed by atoms with Crippen LogP contribution in [-0.4, -0.2) is 34.0 Å². The zero-order chi connectivity index (χ0) is 16.9. The van der Waals surface area contributed by atoms with Gasteiger partial charge in [0.15, 0.2) is 5.17 Å². The third-order valence-electron chi connectivity index (χ3n) is 3.59. The van der Waals surface area contributed by atoms with E-state index >= 15 is 0 Å². The maximum Gasteiger partial charge on any atom is 0.282 e. The van der Waals surface area contributed by atoms with Crippen LogP contribution in [0.15, 0.2) is 59.6 Å². The number of para-hydroxylation sites is 1. The Labute approximate surface area is 143 Å². The van der Waals surface area contributed by atoms with Crippen LogP contribution in [0.4, 0.5) is 5.69 Å². The van der Waals surface area contributed by atoms with E-state index in [1.54, 1.807) is 12.1 Å². The Hall–Kier alpha value is -2.67. The Balaban J connectivity index is 1.75. The first-order valence-electron chi connectivity index (χ1n) is 7.43. The SMILES string of the molecule is O=C(c1ccccc1[N+](=O)[O-])N1CCN=C1SCc1ccccc1. The second-order valence-corrected chi connectivity index (χ2v) is 6.11. The van der Waals surface area contributed by atoms with E-state index in [0.29, 0.717) is 24.0 Å². The van der Waals surface area contributed by atoms with Gasteiger partial charge in [-0.25, -0.2) is 0 Å². The molecule has 0 fully saturated rings. The summed E-state index contributed by atoms with van der Waals surface area (Å²) in [6.45, 7) is 0.964. The fourth-order valence-electron chi connectivity index (χ4n) is 2.42. The molecule has 2 aromatic carbocycles. The highest BCUT2D eigenvalue weighted by Crippen LogP contribution is 2.25. The summed E-state index contributed by atoms with van der Waals surface area (Å²) in [5, 5.41) is 11.7. The normalized spacial score (nSPS) is 13.7. The van der Waals surface area contributed by atoms with Crippen LogP contribution in [0.2, 0.25) is 0 Å². The average Bonchev–Trinajstić information content (AvgIpc) is 3.08. The van der Waals surface area contributed by atoms with Gasteiger partial charge in [0.05, 0.1) is 11.5 Å². The quantitative estimate of drug-likeness (QED) is 0.631. The molecule has 0 aliphatic carbocycles. The lowest BCUT2D eigenvalue weighted by molar-refractivity contribution is -0.385. The highest BCUT2D eigenvalue weighted by molar-refractivity contribution is 8.13. The third kappa shape index (κ3) is 3.46. The minimum absolute atomic E-state index is 0.0948. The highest BCUT2D eigenvalue weighted by Gasteiger charge is 2.29. The molecule has 1 heterocycles. The van der Waals surface area contributed by atoms with Crippen molar-refractivity contribution in [1.29, 1.82) is 0 Å². The van der Waals surface area contributed by atoms with Crippen molar-refractivity contribution >= 4 is 28.5 Å². The summed E-state index contributed by atoms with van der Waals surface area (Å²) >= 11 is 1.47. The molecule has 0 radical (unpaired) electrons. The molecule has 6 nitrogen and oxygen atoms in total. The summed E-state index contributed by atoms with van der Waals surface area (Å²) in [5.74, 6) is 0.319. The molecule has 24 heavy (non-hydrogen) atoms. The molecule has 7 heteroatoms. The largest absolute Gasteiger partial charge is 0.285 e. The Morgan fingerprint density at radius 1 is 1.17 bits per heavy atom. The topological polar surface area (TPSA) is 75.8 Å². The minimum atomic E-state index is -0.531. The standard InChI is InChI=1S/C17H15N3O3S/c21-16(14-8-4-5-9-15(14)20(22)23)19-11-10-18-17(19)24-12-13-6-2-1-3-7-13/h1-9H,10-12H2. The molecule has 0 spiro atoms. The number of nitrogens with zero attached hydrogens (tertiary/aromatic N) is 3. The van der Waals surface area contributed by atoms with Crippen LogP contribution in [0, 0.1) is 10.1 Å². The third-order valence-corrected chi connectivity index (χ3v) is 4.67. The van der Waals surface area contributed by atoms with E-state index < -0.39 is 4.92 Å². The first-order chi connectivity index (χ1) is 11.7. The van der Waals surface area contributed by atoms with E-state index in [1.807, 2.05) is 30.3 Å². The average molecular weight is 341 g/mol. The molecule has 122 valence electrons. The van der Waals surface area contributed by atoms with Crippen LogP contribution in [0.1, 0.15) is 15.9 Å². The van der Waals surface area contributed by atoms with E-state index in [0.717, 1.165) is 5.56 Å². The van der Waals surface area contributed by atoms with Crippen molar-refractivity contribution in [3.8, 4) is 0 Å². The number of carbonyl (C=O) groups excluding carboxylic acids is 1. The number of hydrogen-bond donors (Lipinski definition) is 0. The van der Waals surface area contributed by atoms with Crippen molar-refractivity contribution in [3.05, 3.63) is 75.8 Å². The monoisotopic (exact) mass is 341 g/mol. The van der Waals surface area contributed by atoms with Gasteiger partial charge in [0.25, 0.3) is 11.6 Å². The molecule has 1 aliphatic heterocycles. The molecule has 1 amide bonds. The van der Waals surface area contributed by atoms with Crippen LogP contribution < -0.4 is 0 Å². The molecule has 0 bridgehead atoms. The molecule has 0 unspecified atom stereocenters. The number of rotatable bonds is 4. The van der Waals surface area contributed by atoms with Crippen molar-refractivity contribution in [2.45, 2.75) is 5.75 Å². The lowest BCUT2D eigenvalue weighted by atomic mass is 10.1. The second kappa shape index (κ2) is 7.27. The van der Waals surface area contributed by atoms with Crippen molar-refractivity contribution in [2.24, 2.45) is 4.99 Å². The van der Waals surface area contributed by atoms with Crippen LogP contribution >= 0.6 is 11.8 Å². The Morgan fingerprint density at radius 3 is 2.62 bits per heavy atom. The van der Waals surface area contributed by atoms with Gasteiger partial charge in [-0.2, -0.15) is 0 Å². The van der Waals surface area contributed by atoms with Gasteiger partial charge in [0.1, 0.15) is 5.56 Å². The smallest absolute Gasteiger partial charge is 0.282 e. The summed E-state index contributed by atoms with van der Waals surface area (Å²) in [6, 6.07) is 15.9. The van der Waals surface area contributed by atoms with Gasteiger partial charge in [0, 0.05) is 18.4 Å². The van der Waals surface area contributed by atoms with Gasteiger partial charge in [-0.05, 0) is 11.6 Å². The molecule has 3 rings (SSSR count). The van der Waals surface area contributed by atoms with Crippen LogP contribution in [0.3, 0.4) is 0 Å². The lowest BCUT2D eigenvalue weighted by Gasteiger charge is -2.17. The van der Waals surface area contributed by atoms with Gasteiger partial charge >= 0.3 is 0 Å². The first kappa shape index (κ1) is 16.2. The number of benzene rings is 2. The summed E-state index contributed by atoms with van der Waals surface area (Å²) in [7, 11) is 0. The van der Waals surface area contributed by atoms with Crippen LogP contribution in [0.25, 0.3) is 0 Å². The maximum absolute atomic E-state index is 12.7. The Kier molecular flexibility index (Phi) is 4.90. The molecule has 0 saturated heterocycles. The first-order valence-corrected chi connectivity index (χ1v) is 8.42. The fourth-order valence-corrected chi connectivity index (χ4v) is 3.42. The fraction of sp³-hybridized carbons (Fsp3) is 0.176. The van der Waals surface area contributed by atoms with Gasteiger partial charge in [-0.3, -0.25) is 24.8 Å². The molecule has 0 aromatic heterocycles. The number of nitro benzene ring substituents is 1. The van der Waals surface area contributed by atoms with Crippen LogP contribution in [-0.2, 0) is 5.75 Å². The van der Waals surface area contributed by atoms with E-state index in [1.165, 1.54) is 28.8 Å². The van der Waals surface area contributed by atoms with Crippen molar-refractivity contribution < 1.29 is 9.72 Å². The molecule has 0 saturated carbocycles. The molecular formula is C17H15N3O3S. The number of thioether (sulfide) groups is 1. The van der Waals surface area contributed by atoms with Gasteiger partial charge < -0.3 is 0 Å². The zero-order valence-corrected chi connectivity index (χ0v) is 13.6. The lowest BCUT2D eigenvalue weighted by Crippen LogP contribution is -2.33. The Bertz CT molecular complexity index is 793. The highest BCUT2D eigenvalue weighted by atomic mass is 32.2. The predicted octanol–water partition coefficient (Wildman–Crippen LogP) is 3.34. The second-order valence-electron chi connectivity index (χ2n) is 5.17. The van der Waals surface area contributed by atoms with E-state index in [-0.39, 0.29) is 17.2 Å². The van der Waals surface area contributed by atoms with E-state index in [4.69, 9.17) is 0 Å². The van der Waals surface area contributed by atoms with Crippen molar-refractivity contribution in [1.82, 2.24) is 4.90 Å². The number of nitro groups is 1. The molecule has 0 N–H and O–H groups in total. The zero-order valence-electron chi connectivity index (χ0n) is 12.8. The summed E-state index contributed by atoms with van der Waals surface area (Å²) in [6.07, 6.45) is 0. The van der Waals surface area contributed by atoms with Crippen molar-refractivity contribution in [3.63, 3.8) is 0 Å². The van der Waals surface area contributed by atoms with Gasteiger partial charge in [-0.1, -0.05) is 54.2 Å². The predicted molar refractivity (Wildman–Crippen MR) is 94.2 cm³/mol. The number of hydrogen-bond acceptors (Lipinski definition) is 5. The molecule has 1 aliphatic rings. The number of amides is 1. The number of amidine groups is 1.